The summed E-state index contributed by atoms with van der Waals surface area (Å²) < 4.78 is 7.07. The van der Waals surface area contributed by atoms with Crippen LogP contribution in [0.4, 0.5) is 0 Å². The first-order chi connectivity index (χ1) is 7.16. The van der Waals surface area contributed by atoms with E-state index in [-0.39, 0.29) is 11.9 Å². The van der Waals surface area contributed by atoms with E-state index in [4.69, 9.17) is 4.74 Å². The Morgan fingerprint density at radius 3 is 2.93 bits per heavy atom. The Bertz CT molecular complexity index is 431. The van der Waals surface area contributed by atoms with Gasteiger partial charge in [0, 0.05) is 21.2 Å². The lowest BCUT2D eigenvalue weighted by Crippen LogP contribution is -2.13. The molecule has 0 aromatic carbocycles. The Hall–Kier alpha value is -0.680. The molecule has 1 aromatic rings. The number of ether oxygens (including phenoxy) is 1. The standard InChI is InChI=1S/C10H7Br2NO2/c11-6-3-8(12)10(13-5-6)9-4-7(14)1-2-15-9/h1-3,5,9H,4H2. The van der Waals surface area contributed by atoms with Crippen LogP contribution in [0.3, 0.4) is 0 Å². The van der Waals surface area contributed by atoms with Gasteiger partial charge in [-0.2, -0.15) is 0 Å². The Labute approximate surface area is 104 Å². The number of halogens is 2. The summed E-state index contributed by atoms with van der Waals surface area (Å²) in [5.41, 5.74) is 0.746. The molecule has 0 radical (unpaired) electrons. The average molecular weight is 333 g/mol. The van der Waals surface area contributed by atoms with Gasteiger partial charge in [-0.05, 0) is 37.9 Å². The topological polar surface area (TPSA) is 39.2 Å². The fourth-order valence-corrected chi connectivity index (χ4v) is 2.57. The number of allylic oxidation sites excluding steroid dienone is 1. The van der Waals surface area contributed by atoms with Crippen molar-refractivity contribution in [2.45, 2.75) is 12.5 Å². The van der Waals surface area contributed by atoms with Gasteiger partial charge in [0.05, 0.1) is 18.4 Å². The smallest absolute Gasteiger partial charge is 0.162 e. The van der Waals surface area contributed by atoms with Gasteiger partial charge in [0.1, 0.15) is 6.10 Å². The van der Waals surface area contributed by atoms with Gasteiger partial charge < -0.3 is 4.74 Å². The van der Waals surface area contributed by atoms with Gasteiger partial charge in [-0.3, -0.25) is 9.78 Å². The van der Waals surface area contributed by atoms with Crippen LogP contribution in [0.1, 0.15) is 18.2 Å². The van der Waals surface area contributed by atoms with Crippen LogP contribution in [0.15, 0.2) is 33.5 Å². The number of ketones is 1. The SMILES string of the molecule is O=C1C=COC(c2ncc(Br)cc2Br)C1. The lowest BCUT2D eigenvalue weighted by molar-refractivity contribution is -0.118. The van der Waals surface area contributed by atoms with E-state index < -0.39 is 0 Å². The van der Waals surface area contributed by atoms with Gasteiger partial charge in [-0.25, -0.2) is 0 Å². The van der Waals surface area contributed by atoms with Gasteiger partial charge in [0.15, 0.2) is 5.78 Å². The molecule has 0 bridgehead atoms. The van der Waals surface area contributed by atoms with Crippen LogP contribution in [-0.2, 0) is 9.53 Å². The van der Waals surface area contributed by atoms with Gasteiger partial charge in [0.25, 0.3) is 0 Å². The quantitative estimate of drug-likeness (QED) is 0.793. The first-order valence-electron chi connectivity index (χ1n) is 4.32. The molecule has 1 unspecified atom stereocenters. The largest absolute Gasteiger partial charge is 0.491 e. The van der Waals surface area contributed by atoms with E-state index in [1.54, 1.807) is 6.20 Å². The highest BCUT2D eigenvalue weighted by atomic mass is 79.9. The number of rotatable bonds is 1. The summed E-state index contributed by atoms with van der Waals surface area (Å²) in [6, 6.07) is 1.88. The van der Waals surface area contributed by atoms with E-state index in [2.05, 4.69) is 36.8 Å². The molecule has 1 aliphatic rings. The number of nitrogens with zero attached hydrogens (tertiary/aromatic N) is 1. The first kappa shape index (κ1) is 10.8. The van der Waals surface area contributed by atoms with Crippen LogP contribution in [0, 0.1) is 0 Å². The summed E-state index contributed by atoms with van der Waals surface area (Å²) >= 11 is 6.71. The maximum Gasteiger partial charge on any atom is 0.162 e. The molecular formula is C10H7Br2NO2. The van der Waals surface area contributed by atoms with Crippen LogP contribution >= 0.6 is 31.9 Å². The second-order valence-electron chi connectivity index (χ2n) is 3.12. The zero-order valence-corrected chi connectivity index (χ0v) is 10.8. The van der Waals surface area contributed by atoms with Gasteiger partial charge >= 0.3 is 0 Å². The Morgan fingerprint density at radius 2 is 2.27 bits per heavy atom. The minimum Gasteiger partial charge on any atom is -0.491 e. The summed E-state index contributed by atoms with van der Waals surface area (Å²) in [6.45, 7) is 0. The van der Waals surface area contributed by atoms with E-state index in [0.717, 1.165) is 14.6 Å². The minimum absolute atomic E-state index is 0.0582. The summed E-state index contributed by atoms with van der Waals surface area (Å²) in [7, 11) is 0. The number of hydrogen-bond donors (Lipinski definition) is 0. The third-order valence-corrected chi connectivity index (χ3v) is 3.09. The predicted molar refractivity (Wildman–Crippen MR) is 62.2 cm³/mol. The minimum atomic E-state index is -0.287. The molecule has 5 heteroatoms. The van der Waals surface area contributed by atoms with E-state index in [0.29, 0.717) is 6.42 Å². The van der Waals surface area contributed by atoms with Crippen LogP contribution in [0.25, 0.3) is 0 Å². The van der Waals surface area contributed by atoms with Crippen molar-refractivity contribution in [3.63, 3.8) is 0 Å². The van der Waals surface area contributed by atoms with E-state index in [1.807, 2.05) is 6.07 Å². The molecule has 0 fully saturated rings. The van der Waals surface area contributed by atoms with Crippen LogP contribution in [-0.4, -0.2) is 10.8 Å². The molecule has 15 heavy (non-hydrogen) atoms. The van der Waals surface area contributed by atoms with Gasteiger partial charge in [-0.15, -0.1) is 0 Å². The molecule has 0 saturated carbocycles. The molecule has 1 aliphatic heterocycles. The number of aromatic nitrogens is 1. The third-order valence-electron chi connectivity index (χ3n) is 2.02. The molecule has 1 aromatic heterocycles. The molecule has 1 atom stereocenters. The van der Waals surface area contributed by atoms with E-state index in [9.17, 15) is 4.79 Å². The maximum absolute atomic E-state index is 11.2. The van der Waals surface area contributed by atoms with Crippen LogP contribution in [0.2, 0.25) is 0 Å². The maximum atomic E-state index is 11.2. The Balaban J connectivity index is 2.30. The normalized spacial score (nSPS) is 20.1. The Morgan fingerprint density at radius 1 is 1.47 bits per heavy atom. The molecule has 2 rings (SSSR count). The molecule has 3 nitrogen and oxygen atoms in total. The molecule has 0 amide bonds. The lowest BCUT2D eigenvalue weighted by Gasteiger charge is -2.19. The predicted octanol–water partition coefficient (Wildman–Crippen LogP) is 3.15. The van der Waals surface area contributed by atoms with Crippen molar-refractivity contribution in [2.75, 3.05) is 0 Å². The molecule has 2 heterocycles. The van der Waals surface area contributed by atoms with Crippen molar-refractivity contribution in [3.8, 4) is 0 Å². The second kappa shape index (κ2) is 4.45. The monoisotopic (exact) mass is 331 g/mol. The zero-order valence-electron chi connectivity index (χ0n) is 7.61. The van der Waals surface area contributed by atoms with Crippen LogP contribution < -0.4 is 0 Å². The summed E-state index contributed by atoms with van der Waals surface area (Å²) in [6.07, 6.45) is 4.59. The van der Waals surface area contributed by atoms with Gasteiger partial charge in [-0.1, -0.05) is 0 Å². The van der Waals surface area contributed by atoms with Gasteiger partial charge in [0.2, 0.25) is 0 Å². The highest BCUT2D eigenvalue weighted by Gasteiger charge is 2.22. The van der Waals surface area contributed by atoms with Crippen molar-refractivity contribution in [3.05, 3.63) is 39.2 Å². The number of carbonyl (C=O) groups excluding carboxylic acids is 1. The fourth-order valence-electron chi connectivity index (χ4n) is 1.33. The molecule has 0 aliphatic carbocycles. The zero-order chi connectivity index (χ0) is 10.8. The Kier molecular flexibility index (Phi) is 3.21. The lowest BCUT2D eigenvalue weighted by atomic mass is 10.1. The molecular weight excluding hydrogens is 326 g/mol. The first-order valence-corrected chi connectivity index (χ1v) is 5.91. The van der Waals surface area contributed by atoms with Crippen LogP contribution in [0.5, 0.6) is 0 Å². The fraction of sp³-hybridized carbons (Fsp3) is 0.200. The number of pyridine rings is 1. The highest BCUT2D eigenvalue weighted by molar-refractivity contribution is 9.11. The van der Waals surface area contributed by atoms with Crippen molar-refractivity contribution in [1.29, 1.82) is 0 Å². The van der Waals surface area contributed by atoms with Crippen molar-refractivity contribution in [2.24, 2.45) is 0 Å². The number of hydrogen-bond acceptors (Lipinski definition) is 3. The number of carbonyl (C=O) groups is 1. The van der Waals surface area contributed by atoms with Crippen molar-refractivity contribution in [1.82, 2.24) is 4.98 Å². The molecule has 78 valence electrons. The highest BCUT2D eigenvalue weighted by Crippen LogP contribution is 2.30. The summed E-state index contributed by atoms with van der Waals surface area (Å²) in [5.74, 6) is 0.0582. The van der Waals surface area contributed by atoms with E-state index in [1.165, 1.54) is 12.3 Å². The summed E-state index contributed by atoms with van der Waals surface area (Å²) in [4.78, 5) is 15.4. The molecule has 0 spiro atoms. The van der Waals surface area contributed by atoms with Crippen molar-refractivity contribution >= 4 is 37.6 Å². The third kappa shape index (κ3) is 2.46. The molecule has 0 saturated heterocycles. The summed E-state index contributed by atoms with van der Waals surface area (Å²) in [5, 5.41) is 0. The average Bonchev–Trinajstić information content (AvgIpc) is 2.17. The molecule has 0 N–H and O–H groups in total. The van der Waals surface area contributed by atoms with Crippen molar-refractivity contribution < 1.29 is 9.53 Å². The second-order valence-corrected chi connectivity index (χ2v) is 4.89. The van der Waals surface area contributed by atoms with E-state index >= 15 is 0 Å².